The molecule has 0 spiro atoms. The molecule has 3 nitrogen and oxygen atoms in total. The Labute approximate surface area is 133 Å². The quantitative estimate of drug-likeness (QED) is 0.712. The number of benzene rings is 2. The maximum atomic E-state index is 5.90. The third-order valence-electron chi connectivity index (χ3n) is 3.66. The summed E-state index contributed by atoms with van der Waals surface area (Å²) in [6, 6.07) is 18.2. The fourth-order valence-corrected chi connectivity index (χ4v) is 2.50. The van der Waals surface area contributed by atoms with E-state index in [1.165, 1.54) is 5.56 Å². The lowest BCUT2D eigenvalue weighted by Gasteiger charge is -2.16. The second kappa shape index (κ2) is 9.11. The Balaban J connectivity index is 1.81. The standard InChI is InChI=1S/C19H25NO2/c1-2-21-18-12-6-7-13-19(18)22-14-8-11-17(15-20)16-9-4-3-5-10-16/h3-7,9-10,12-13,17H,2,8,11,14-15,20H2,1H3. The average Bonchev–Trinajstić information content (AvgIpc) is 2.57. The predicted molar refractivity (Wildman–Crippen MR) is 90.6 cm³/mol. The van der Waals surface area contributed by atoms with Crippen LogP contribution in [0.3, 0.4) is 0 Å². The first-order chi connectivity index (χ1) is 10.8. The Bertz CT molecular complexity index is 542. The van der Waals surface area contributed by atoms with Crippen LogP contribution in [-0.4, -0.2) is 19.8 Å². The molecule has 118 valence electrons. The zero-order valence-electron chi connectivity index (χ0n) is 13.2. The molecule has 0 bridgehead atoms. The van der Waals surface area contributed by atoms with Crippen LogP contribution in [-0.2, 0) is 0 Å². The van der Waals surface area contributed by atoms with Crippen LogP contribution in [0.1, 0.15) is 31.2 Å². The zero-order valence-corrected chi connectivity index (χ0v) is 13.2. The average molecular weight is 299 g/mol. The SMILES string of the molecule is CCOc1ccccc1OCCCC(CN)c1ccccc1. The Morgan fingerprint density at radius 2 is 1.55 bits per heavy atom. The highest BCUT2D eigenvalue weighted by molar-refractivity contribution is 5.39. The third kappa shape index (κ3) is 4.78. The molecule has 0 aromatic heterocycles. The van der Waals surface area contributed by atoms with Gasteiger partial charge in [-0.1, -0.05) is 42.5 Å². The molecule has 0 aliphatic heterocycles. The van der Waals surface area contributed by atoms with Crippen LogP contribution in [0.2, 0.25) is 0 Å². The predicted octanol–water partition coefficient (Wildman–Crippen LogP) is 3.99. The fraction of sp³-hybridized carbons (Fsp3) is 0.368. The van der Waals surface area contributed by atoms with Gasteiger partial charge in [0, 0.05) is 0 Å². The molecule has 22 heavy (non-hydrogen) atoms. The van der Waals surface area contributed by atoms with E-state index in [0.717, 1.165) is 24.3 Å². The van der Waals surface area contributed by atoms with E-state index in [0.29, 0.717) is 25.7 Å². The molecular weight excluding hydrogens is 274 g/mol. The summed E-state index contributed by atoms with van der Waals surface area (Å²) in [6.07, 6.45) is 1.99. The van der Waals surface area contributed by atoms with Gasteiger partial charge in [-0.25, -0.2) is 0 Å². The molecule has 0 radical (unpaired) electrons. The van der Waals surface area contributed by atoms with Gasteiger partial charge < -0.3 is 15.2 Å². The first-order valence-electron chi connectivity index (χ1n) is 7.94. The Morgan fingerprint density at radius 1 is 0.909 bits per heavy atom. The molecule has 0 amide bonds. The van der Waals surface area contributed by atoms with E-state index in [9.17, 15) is 0 Å². The molecule has 2 N–H and O–H groups in total. The lowest BCUT2D eigenvalue weighted by atomic mass is 9.95. The largest absolute Gasteiger partial charge is 0.490 e. The summed E-state index contributed by atoms with van der Waals surface area (Å²) in [7, 11) is 0. The number of ether oxygens (including phenoxy) is 2. The first kappa shape index (κ1) is 16.4. The van der Waals surface area contributed by atoms with E-state index < -0.39 is 0 Å². The molecule has 1 unspecified atom stereocenters. The second-order valence-corrected chi connectivity index (χ2v) is 5.21. The van der Waals surface area contributed by atoms with E-state index in [1.54, 1.807) is 0 Å². The summed E-state index contributed by atoms with van der Waals surface area (Å²) in [5.74, 6) is 2.02. The summed E-state index contributed by atoms with van der Waals surface area (Å²) >= 11 is 0. The number of rotatable bonds is 9. The van der Waals surface area contributed by atoms with Crippen LogP contribution in [0.15, 0.2) is 54.6 Å². The van der Waals surface area contributed by atoms with E-state index in [2.05, 4.69) is 24.3 Å². The van der Waals surface area contributed by atoms with Gasteiger partial charge in [0.25, 0.3) is 0 Å². The van der Waals surface area contributed by atoms with Crippen molar-refractivity contribution < 1.29 is 9.47 Å². The van der Waals surface area contributed by atoms with E-state index in [-0.39, 0.29) is 0 Å². The number of nitrogens with two attached hydrogens (primary N) is 1. The summed E-state index contributed by atoms with van der Waals surface area (Å²) < 4.78 is 11.4. The highest BCUT2D eigenvalue weighted by Gasteiger charge is 2.09. The minimum Gasteiger partial charge on any atom is -0.490 e. The molecule has 2 rings (SSSR count). The molecule has 0 saturated heterocycles. The van der Waals surface area contributed by atoms with Crippen LogP contribution < -0.4 is 15.2 Å². The van der Waals surface area contributed by atoms with Crippen molar-refractivity contribution in [2.45, 2.75) is 25.7 Å². The zero-order chi connectivity index (χ0) is 15.6. The van der Waals surface area contributed by atoms with Crippen LogP contribution in [0, 0.1) is 0 Å². The van der Waals surface area contributed by atoms with Gasteiger partial charge in [0.15, 0.2) is 11.5 Å². The second-order valence-electron chi connectivity index (χ2n) is 5.21. The van der Waals surface area contributed by atoms with Crippen LogP contribution in [0.25, 0.3) is 0 Å². The lowest BCUT2D eigenvalue weighted by molar-refractivity contribution is 0.269. The Morgan fingerprint density at radius 3 is 2.18 bits per heavy atom. The summed E-state index contributed by atoms with van der Waals surface area (Å²) in [6.45, 7) is 3.96. The number of hydrogen-bond acceptors (Lipinski definition) is 3. The van der Waals surface area contributed by atoms with Gasteiger partial charge in [0.05, 0.1) is 13.2 Å². The van der Waals surface area contributed by atoms with Crippen molar-refractivity contribution in [1.82, 2.24) is 0 Å². The molecular formula is C19H25NO2. The Kier molecular flexibility index (Phi) is 6.78. The molecule has 0 aliphatic carbocycles. The molecule has 3 heteroatoms. The van der Waals surface area contributed by atoms with Gasteiger partial charge in [0.1, 0.15) is 0 Å². The Hall–Kier alpha value is -2.00. The van der Waals surface area contributed by atoms with Gasteiger partial charge in [0.2, 0.25) is 0 Å². The summed E-state index contributed by atoms with van der Waals surface area (Å²) in [5, 5.41) is 0. The smallest absolute Gasteiger partial charge is 0.161 e. The van der Waals surface area contributed by atoms with Gasteiger partial charge >= 0.3 is 0 Å². The van der Waals surface area contributed by atoms with Crippen molar-refractivity contribution in [2.24, 2.45) is 5.73 Å². The molecule has 2 aromatic carbocycles. The number of para-hydroxylation sites is 2. The van der Waals surface area contributed by atoms with Crippen molar-refractivity contribution in [2.75, 3.05) is 19.8 Å². The molecule has 2 aromatic rings. The van der Waals surface area contributed by atoms with Crippen molar-refractivity contribution in [1.29, 1.82) is 0 Å². The molecule has 1 atom stereocenters. The minimum absolute atomic E-state index is 0.395. The van der Waals surface area contributed by atoms with Crippen LogP contribution in [0.5, 0.6) is 11.5 Å². The van der Waals surface area contributed by atoms with Gasteiger partial charge in [-0.05, 0) is 49.9 Å². The molecule has 0 aliphatic rings. The van der Waals surface area contributed by atoms with Gasteiger partial charge in [-0.3, -0.25) is 0 Å². The topological polar surface area (TPSA) is 44.5 Å². The third-order valence-corrected chi connectivity index (χ3v) is 3.66. The molecule has 0 heterocycles. The maximum Gasteiger partial charge on any atom is 0.161 e. The van der Waals surface area contributed by atoms with Crippen molar-refractivity contribution in [3.63, 3.8) is 0 Å². The van der Waals surface area contributed by atoms with Gasteiger partial charge in [-0.2, -0.15) is 0 Å². The minimum atomic E-state index is 0.395. The highest BCUT2D eigenvalue weighted by atomic mass is 16.5. The lowest BCUT2D eigenvalue weighted by Crippen LogP contribution is -2.13. The van der Waals surface area contributed by atoms with Crippen molar-refractivity contribution in [3.8, 4) is 11.5 Å². The maximum absolute atomic E-state index is 5.90. The fourth-order valence-electron chi connectivity index (χ4n) is 2.50. The summed E-state index contributed by atoms with van der Waals surface area (Å²) in [5.41, 5.74) is 7.21. The number of hydrogen-bond donors (Lipinski definition) is 1. The van der Waals surface area contributed by atoms with E-state index in [4.69, 9.17) is 15.2 Å². The van der Waals surface area contributed by atoms with E-state index >= 15 is 0 Å². The van der Waals surface area contributed by atoms with Crippen LogP contribution >= 0.6 is 0 Å². The van der Waals surface area contributed by atoms with E-state index in [1.807, 2.05) is 37.3 Å². The van der Waals surface area contributed by atoms with Crippen molar-refractivity contribution >= 4 is 0 Å². The summed E-state index contributed by atoms with van der Waals surface area (Å²) in [4.78, 5) is 0. The molecule has 0 fully saturated rings. The highest BCUT2D eigenvalue weighted by Crippen LogP contribution is 2.27. The molecule has 0 saturated carbocycles. The van der Waals surface area contributed by atoms with Gasteiger partial charge in [-0.15, -0.1) is 0 Å². The van der Waals surface area contributed by atoms with Crippen molar-refractivity contribution in [3.05, 3.63) is 60.2 Å². The first-order valence-corrected chi connectivity index (χ1v) is 7.94. The van der Waals surface area contributed by atoms with Crippen LogP contribution in [0.4, 0.5) is 0 Å². The monoisotopic (exact) mass is 299 g/mol. The normalized spacial score (nSPS) is 11.9.